The number of esters is 1. The van der Waals surface area contributed by atoms with Gasteiger partial charge in [-0.25, -0.2) is 4.79 Å². The average Bonchev–Trinajstić information content (AvgIpc) is 2.94. The minimum atomic E-state index is -0.497. The van der Waals surface area contributed by atoms with Gasteiger partial charge >= 0.3 is 5.97 Å². The first kappa shape index (κ1) is 19.9. The van der Waals surface area contributed by atoms with Gasteiger partial charge < -0.3 is 25.3 Å². The summed E-state index contributed by atoms with van der Waals surface area (Å²) < 4.78 is 6.68. The fraction of sp³-hybridized carbons (Fsp3) is 0.450. The van der Waals surface area contributed by atoms with Gasteiger partial charge in [0.1, 0.15) is 0 Å². The molecule has 1 aromatic heterocycles. The maximum Gasteiger partial charge on any atom is 0.356 e. The Hall–Kier alpha value is -2.87. The smallest absolute Gasteiger partial charge is 0.356 e. The second kappa shape index (κ2) is 8.02. The first-order valence-corrected chi connectivity index (χ1v) is 9.42. The highest BCUT2D eigenvalue weighted by atomic mass is 16.5. The number of benzene rings is 1. The zero-order valence-corrected chi connectivity index (χ0v) is 16.5. The van der Waals surface area contributed by atoms with E-state index >= 15 is 0 Å². The molecule has 0 saturated carbocycles. The van der Waals surface area contributed by atoms with E-state index in [9.17, 15) is 14.4 Å². The SMILES string of the molecule is COC(=O)c1c(NC(=O)C[NH+]2CCC(C(N)=O)CC2)c2c(C)cccc2n1C. The van der Waals surface area contributed by atoms with Crippen molar-refractivity contribution in [2.45, 2.75) is 19.8 Å². The highest BCUT2D eigenvalue weighted by Gasteiger charge is 2.29. The van der Waals surface area contributed by atoms with E-state index in [0.717, 1.165) is 34.5 Å². The van der Waals surface area contributed by atoms with Gasteiger partial charge in [0.15, 0.2) is 12.2 Å². The van der Waals surface area contributed by atoms with Gasteiger partial charge in [0.25, 0.3) is 5.91 Å². The summed E-state index contributed by atoms with van der Waals surface area (Å²) in [5.74, 6) is -1.03. The molecule has 3 rings (SSSR count). The Morgan fingerprint density at radius 2 is 1.96 bits per heavy atom. The van der Waals surface area contributed by atoms with Crippen molar-refractivity contribution >= 4 is 34.4 Å². The number of piperidine rings is 1. The Bertz CT molecular complexity index is 926. The van der Waals surface area contributed by atoms with Crippen LogP contribution in [0.4, 0.5) is 5.69 Å². The van der Waals surface area contributed by atoms with Crippen LogP contribution < -0.4 is 16.0 Å². The molecule has 1 aliphatic rings. The normalized spacial score (nSPS) is 19.4. The van der Waals surface area contributed by atoms with Crippen LogP contribution in [0.2, 0.25) is 0 Å². The quantitative estimate of drug-likeness (QED) is 0.627. The number of anilines is 1. The van der Waals surface area contributed by atoms with E-state index in [4.69, 9.17) is 10.5 Å². The Labute approximate surface area is 163 Å². The highest BCUT2D eigenvalue weighted by molar-refractivity contribution is 6.12. The lowest BCUT2D eigenvalue weighted by Crippen LogP contribution is -3.14. The van der Waals surface area contributed by atoms with Gasteiger partial charge in [-0.15, -0.1) is 0 Å². The van der Waals surface area contributed by atoms with E-state index in [1.807, 2.05) is 25.1 Å². The van der Waals surface area contributed by atoms with Crippen LogP contribution in [0.15, 0.2) is 18.2 Å². The van der Waals surface area contributed by atoms with Crippen molar-refractivity contribution in [3.63, 3.8) is 0 Å². The van der Waals surface area contributed by atoms with E-state index < -0.39 is 5.97 Å². The van der Waals surface area contributed by atoms with Gasteiger partial charge in [-0.1, -0.05) is 12.1 Å². The molecule has 0 spiro atoms. The lowest BCUT2D eigenvalue weighted by atomic mass is 9.96. The van der Waals surface area contributed by atoms with Gasteiger partial charge in [0.2, 0.25) is 5.91 Å². The maximum absolute atomic E-state index is 12.7. The Morgan fingerprint density at radius 3 is 2.57 bits per heavy atom. The van der Waals surface area contributed by atoms with Crippen LogP contribution in [-0.2, 0) is 21.4 Å². The summed E-state index contributed by atoms with van der Waals surface area (Å²) in [7, 11) is 3.11. The molecule has 0 atom stereocenters. The summed E-state index contributed by atoms with van der Waals surface area (Å²) in [4.78, 5) is 37.5. The molecule has 0 radical (unpaired) electrons. The number of aryl methyl sites for hydroxylation is 2. The van der Waals surface area contributed by atoms with Crippen LogP contribution in [0.25, 0.3) is 10.9 Å². The summed E-state index contributed by atoms with van der Waals surface area (Å²) in [5.41, 5.74) is 7.99. The van der Waals surface area contributed by atoms with Gasteiger partial charge in [-0.3, -0.25) is 9.59 Å². The summed E-state index contributed by atoms with van der Waals surface area (Å²) in [5, 5.41) is 3.77. The number of hydrogen-bond acceptors (Lipinski definition) is 4. The predicted molar refractivity (Wildman–Crippen MR) is 105 cm³/mol. The molecule has 2 amide bonds. The summed E-state index contributed by atoms with van der Waals surface area (Å²) in [6, 6.07) is 5.76. The standard InChI is InChI=1S/C20H26N4O4/c1-12-5-4-6-14-16(12)17(18(23(14)2)20(27)28-3)22-15(25)11-24-9-7-13(8-10-24)19(21)26/h4-6,13H,7-11H2,1-3H3,(H2,21,26)(H,22,25)/p+1. The zero-order chi connectivity index (χ0) is 20.4. The number of nitrogens with one attached hydrogen (secondary N) is 2. The van der Waals surface area contributed by atoms with Crippen molar-refractivity contribution in [2.75, 3.05) is 32.1 Å². The number of ether oxygens (including phenoxy) is 1. The maximum atomic E-state index is 12.7. The second-order valence-electron chi connectivity index (χ2n) is 7.39. The monoisotopic (exact) mass is 387 g/mol. The minimum absolute atomic E-state index is 0.0987. The lowest BCUT2D eigenvalue weighted by molar-refractivity contribution is -0.897. The number of carbonyl (C=O) groups excluding carboxylic acids is 3. The van der Waals surface area contributed by atoms with Crippen LogP contribution in [-0.4, -0.2) is 49.1 Å². The number of fused-ring (bicyclic) bond motifs is 1. The number of carbonyl (C=O) groups is 3. The number of rotatable bonds is 5. The van der Waals surface area contributed by atoms with Crippen molar-refractivity contribution in [3.05, 3.63) is 29.5 Å². The van der Waals surface area contributed by atoms with Crippen molar-refractivity contribution in [1.82, 2.24) is 4.57 Å². The van der Waals surface area contributed by atoms with Gasteiger partial charge in [0.05, 0.1) is 31.4 Å². The first-order valence-electron chi connectivity index (χ1n) is 9.42. The average molecular weight is 387 g/mol. The number of methoxy groups -OCH3 is 1. The summed E-state index contributed by atoms with van der Waals surface area (Å²) in [6.07, 6.45) is 1.39. The first-order chi connectivity index (χ1) is 13.3. The topological polar surface area (TPSA) is 108 Å². The number of nitrogens with two attached hydrogens (primary N) is 1. The Morgan fingerprint density at radius 1 is 1.29 bits per heavy atom. The number of amides is 2. The Balaban J connectivity index is 1.83. The van der Waals surface area contributed by atoms with Crippen LogP contribution in [0.1, 0.15) is 28.9 Å². The number of quaternary nitrogens is 1. The van der Waals surface area contributed by atoms with Crippen LogP contribution in [0.3, 0.4) is 0 Å². The van der Waals surface area contributed by atoms with Gasteiger partial charge in [0, 0.05) is 31.2 Å². The zero-order valence-electron chi connectivity index (χ0n) is 16.5. The number of aromatic nitrogens is 1. The molecule has 8 heteroatoms. The molecule has 28 heavy (non-hydrogen) atoms. The van der Waals surface area contributed by atoms with Crippen LogP contribution in [0, 0.1) is 12.8 Å². The second-order valence-corrected chi connectivity index (χ2v) is 7.39. The van der Waals surface area contributed by atoms with E-state index in [2.05, 4.69) is 5.32 Å². The largest absolute Gasteiger partial charge is 0.464 e. The van der Waals surface area contributed by atoms with E-state index in [1.54, 1.807) is 11.6 Å². The third kappa shape index (κ3) is 3.73. The van der Waals surface area contributed by atoms with Crippen molar-refractivity contribution in [1.29, 1.82) is 0 Å². The third-order valence-electron chi connectivity index (χ3n) is 5.58. The molecule has 150 valence electrons. The molecule has 1 aliphatic heterocycles. The van der Waals surface area contributed by atoms with Crippen LogP contribution in [0.5, 0.6) is 0 Å². The molecular formula is C20H27N4O4+. The Kier molecular flexibility index (Phi) is 5.69. The van der Waals surface area contributed by atoms with E-state index in [-0.39, 0.29) is 24.3 Å². The molecule has 2 aromatic rings. The van der Waals surface area contributed by atoms with Crippen molar-refractivity contribution in [3.8, 4) is 0 Å². The number of likely N-dealkylation sites (tertiary alicyclic amines) is 1. The molecule has 1 saturated heterocycles. The molecule has 2 heterocycles. The molecule has 1 fully saturated rings. The number of primary amides is 1. The summed E-state index contributed by atoms with van der Waals surface area (Å²) in [6.45, 7) is 3.66. The van der Waals surface area contributed by atoms with E-state index in [1.165, 1.54) is 7.11 Å². The minimum Gasteiger partial charge on any atom is -0.464 e. The van der Waals surface area contributed by atoms with Gasteiger partial charge in [-0.05, 0) is 18.6 Å². The fourth-order valence-corrected chi connectivity index (χ4v) is 4.02. The van der Waals surface area contributed by atoms with E-state index in [0.29, 0.717) is 24.2 Å². The molecule has 0 bridgehead atoms. The lowest BCUT2D eigenvalue weighted by Gasteiger charge is -2.27. The molecule has 0 aliphatic carbocycles. The van der Waals surface area contributed by atoms with Crippen LogP contribution >= 0.6 is 0 Å². The molecule has 0 unspecified atom stereocenters. The molecular weight excluding hydrogens is 360 g/mol. The predicted octanol–water partition coefficient (Wildman–Crippen LogP) is -0.00798. The van der Waals surface area contributed by atoms with Gasteiger partial charge in [-0.2, -0.15) is 0 Å². The third-order valence-corrected chi connectivity index (χ3v) is 5.58. The molecule has 8 nitrogen and oxygen atoms in total. The summed E-state index contributed by atoms with van der Waals surface area (Å²) >= 11 is 0. The number of hydrogen-bond donors (Lipinski definition) is 3. The molecule has 4 N–H and O–H groups in total. The molecule has 1 aromatic carbocycles. The fourth-order valence-electron chi connectivity index (χ4n) is 4.02. The number of nitrogens with zero attached hydrogens (tertiary/aromatic N) is 1. The van der Waals surface area contributed by atoms with Crippen molar-refractivity contribution in [2.24, 2.45) is 18.7 Å². The van der Waals surface area contributed by atoms with Crippen molar-refractivity contribution < 1.29 is 24.0 Å². The highest BCUT2D eigenvalue weighted by Crippen LogP contribution is 2.33.